The van der Waals surface area contributed by atoms with Gasteiger partial charge in [0.2, 0.25) is 0 Å². The molecule has 2 fully saturated rings. The summed E-state index contributed by atoms with van der Waals surface area (Å²) >= 11 is 5.96. The van der Waals surface area contributed by atoms with E-state index in [9.17, 15) is 19.8 Å². The van der Waals surface area contributed by atoms with E-state index in [0.717, 1.165) is 5.57 Å². The van der Waals surface area contributed by atoms with Gasteiger partial charge in [-0.3, -0.25) is 0 Å². The average molecular weight is 413 g/mol. The minimum absolute atomic E-state index is 0.0818. The van der Waals surface area contributed by atoms with E-state index in [1.807, 2.05) is 26.0 Å². The van der Waals surface area contributed by atoms with Crippen molar-refractivity contribution in [2.45, 2.75) is 56.7 Å². The highest BCUT2D eigenvalue weighted by molar-refractivity contribution is 6.20. The van der Waals surface area contributed by atoms with Crippen LogP contribution in [-0.2, 0) is 23.8 Å². The molecule has 8 heteroatoms. The SMILES string of the molecule is C/C=C(\CO)C(=O)O[C@@H]1C[C@@]2(C)O[C@@H]2/C=C\C(C)=C/[C@H]2OC(=O)[C@](O)(CCl)[C@H]21. The molecule has 154 valence electrons. The van der Waals surface area contributed by atoms with Crippen LogP contribution in [0.1, 0.15) is 27.2 Å². The quantitative estimate of drug-likeness (QED) is 0.311. The Morgan fingerprint density at radius 1 is 1.50 bits per heavy atom. The average Bonchev–Trinajstić information content (AvgIpc) is 3.21. The van der Waals surface area contributed by atoms with Crippen LogP contribution in [0.2, 0.25) is 0 Å². The molecule has 0 spiro atoms. The fourth-order valence-electron chi connectivity index (χ4n) is 3.85. The molecule has 3 rings (SSSR count). The lowest BCUT2D eigenvalue weighted by molar-refractivity contribution is -0.159. The van der Waals surface area contributed by atoms with E-state index in [0.29, 0.717) is 0 Å². The maximum atomic E-state index is 12.5. The summed E-state index contributed by atoms with van der Waals surface area (Å²) in [6.07, 6.45) is 5.26. The molecular weight excluding hydrogens is 388 g/mol. The van der Waals surface area contributed by atoms with Gasteiger partial charge in [0.15, 0.2) is 5.60 Å². The maximum absolute atomic E-state index is 12.5. The molecular formula is C20H25ClO7. The minimum atomic E-state index is -2.01. The number of carbonyl (C=O) groups is 2. The number of hydrogen-bond acceptors (Lipinski definition) is 7. The zero-order valence-corrected chi connectivity index (χ0v) is 16.8. The second kappa shape index (κ2) is 7.63. The zero-order valence-electron chi connectivity index (χ0n) is 16.1. The Kier molecular flexibility index (Phi) is 5.74. The predicted molar refractivity (Wildman–Crippen MR) is 101 cm³/mol. The minimum Gasteiger partial charge on any atom is -0.458 e. The van der Waals surface area contributed by atoms with Gasteiger partial charge in [-0.1, -0.05) is 23.8 Å². The molecule has 0 amide bonds. The molecule has 7 nitrogen and oxygen atoms in total. The fourth-order valence-corrected chi connectivity index (χ4v) is 4.14. The number of aliphatic hydroxyl groups is 2. The Bertz CT molecular complexity index is 758. The van der Waals surface area contributed by atoms with Crippen LogP contribution in [0.15, 0.2) is 35.5 Å². The Morgan fingerprint density at radius 2 is 2.21 bits per heavy atom. The number of alkyl halides is 1. The molecule has 0 aromatic carbocycles. The van der Waals surface area contributed by atoms with Gasteiger partial charge in [-0.05, 0) is 26.8 Å². The van der Waals surface area contributed by atoms with E-state index < -0.39 is 53.8 Å². The second-order valence-electron chi connectivity index (χ2n) is 7.69. The van der Waals surface area contributed by atoms with Gasteiger partial charge in [-0.25, -0.2) is 9.59 Å². The molecule has 2 aliphatic heterocycles. The van der Waals surface area contributed by atoms with E-state index in [4.69, 9.17) is 25.8 Å². The highest BCUT2D eigenvalue weighted by Crippen LogP contribution is 2.47. The lowest BCUT2D eigenvalue weighted by Gasteiger charge is -2.33. The Balaban J connectivity index is 2.03. The Labute approximate surface area is 168 Å². The van der Waals surface area contributed by atoms with Gasteiger partial charge in [0.1, 0.15) is 18.3 Å². The number of fused-ring (bicyclic) bond motifs is 2. The van der Waals surface area contributed by atoms with Crippen molar-refractivity contribution in [2.75, 3.05) is 12.5 Å². The van der Waals surface area contributed by atoms with Crippen molar-refractivity contribution < 1.29 is 34.0 Å². The van der Waals surface area contributed by atoms with Crippen molar-refractivity contribution in [2.24, 2.45) is 5.92 Å². The first-order chi connectivity index (χ1) is 13.2. The number of esters is 2. The Morgan fingerprint density at radius 3 is 2.82 bits per heavy atom. The Hall–Kier alpha value is -1.67. The molecule has 0 unspecified atom stereocenters. The molecule has 0 bridgehead atoms. The number of rotatable bonds is 4. The number of carbonyl (C=O) groups excluding carboxylic acids is 2. The topological polar surface area (TPSA) is 106 Å². The smallest absolute Gasteiger partial charge is 0.340 e. The second-order valence-corrected chi connectivity index (χ2v) is 7.96. The number of allylic oxidation sites excluding steroid dienone is 3. The van der Waals surface area contributed by atoms with Gasteiger partial charge < -0.3 is 24.4 Å². The van der Waals surface area contributed by atoms with Gasteiger partial charge in [0.05, 0.1) is 29.6 Å². The molecule has 0 radical (unpaired) electrons. The van der Waals surface area contributed by atoms with Gasteiger partial charge in [0, 0.05) is 6.42 Å². The molecule has 2 saturated heterocycles. The third kappa shape index (κ3) is 3.64. The molecule has 28 heavy (non-hydrogen) atoms. The first kappa shape index (κ1) is 21.0. The summed E-state index contributed by atoms with van der Waals surface area (Å²) < 4.78 is 16.9. The van der Waals surface area contributed by atoms with E-state index in [-0.39, 0.29) is 18.1 Å². The van der Waals surface area contributed by atoms with Gasteiger partial charge in [-0.15, -0.1) is 11.6 Å². The number of aliphatic hydroxyl groups excluding tert-OH is 1. The summed E-state index contributed by atoms with van der Waals surface area (Å²) in [5, 5.41) is 20.4. The first-order valence-corrected chi connectivity index (χ1v) is 9.73. The molecule has 1 aliphatic carbocycles. The van der Waals surface area contributed by atoms with Crippen LogP contribution in [0.4, 0.5) is 0 Å². The summed E-state index contributed by atoms with van der Waals surface area (Å²) in [6, 6.07) is 0. The van der Waals surface area contributed by atoms with Crippen LogP contribution in [0, 0.1) is 5.92 Å². The normalized spacial score (nSPS) is 43.1. The number of halogens is 1. The molecule has 0 aromatic heterocycles. The van der Waals surface area contributed by atoms with E-state index >= 15 is 0 Å². The maximum Gasteiger partial charge on any atom is 0.340 e. The zero-order chi connectivity index (χ0) is 20.7. The third-order valence-electron chi connectivity index (χ3n) is 5.65. The van der Waals surface area contributed by atoms with Crippen LogP contribution in [0.25, 0.3) is 0 Å². The van der Waals surface area contributed by atoms with E-state index in [1.54, 1.807) is 13.0 Å². The summed E-state index contributed by atoms with van der Waals surface area (Å²) in [5.74, 6) is -2.89. The summed E-state index contributed by atoms with van der Waals surface area (Å²) in [6.45, 7) is 4.84. The summed E-state index contributed by atoms with van der Waals surface area (Å²) in [5.41, 5.74) is -1.72. The van der Waals surface area contributed by atoms with Crippen molar-refractivity contribution in [1.29, 1.82) is 0 Å². The molecule has 2 heterocycles. The highest BCUT2D eigenvalue weighted by Gasteiger charge is 2.63. The first-order valence-electron chi connectivity index (χ1n) is 9.19. The van der Waals surface area contributed by atoms with Crippen molar-refractivity contribution in [1.82, 2.24) is 0 Å². The van der Waals surface area contributed by atoms with Crippen LogP contribution < -0.4 is 0 Å². The molecule has 0 aromatic rings. The van der Waals surface area contributed by atoms with Crippen molar-refractivity contribution >= 4 is 23.5 Å². The monoisotopic (exact) mass is 412 g/mol. The lowest BCUT2D eigenvalue weighted by atomic mass is 9.78. The standard InChI is InChI=1S/C20H25ClO7/c1-4-12(9-22)17(23)26-14-8-19(3)15(28-19)6-5-11(2)7-13-16(14)20(25,10-21)18(24)27-13/h4-7,13-16,22,25H,8-10H2,1-3H3/b6-5-,11-7-,12-4+/t13-,14-,15-,16-,19-,20+/m1/s1. The van der Waals surface area contributed by atoms with E-state index in [1.165, 1.54) is 6.08 Å². The summed E-state index contributed by atoms with van der Waals surface area (Å²) in [4.78, 5) is 24.9. The molecule has 6 atom stereocenters. The van der Waals surface area contributed by atoms with Crippen molar-refractivity contribution in [3.05, 3.63) is 35.5 Å². The predicted octanol–water partition coefficient (Wildman–Crippen LogP) is 1.41. The van der Waals surface area contributed by atoms with Gasteiger partial charge in [0.25, 0.3) is 0 Å². The van der Waals surface area contributed by atoms with Crippen molar-refractivity contribution in [3.63, 3.8) is 0 Å². The highest BCUT2D eigenvalue weighted by atomic mass is 35.5. The third-order valence-corrected chi connectivity index (χ3v) is 6.06. The van der Waals surface area contributed by atoms with Crippen molar-refractivity contribution in [3.8, 4) is 0 Å². The van der Waals surface area contributed by atoms with Crippen LogP contribution >= 0.6 is 11.6 Å². The number of hydrogen-bond donors (Lipinski definition) is 2. The molecule has 3 aliphatic rings. The number of ether oxygens (including phenoxy) is 3. The van der Waals surface area contributed by atoms with Crippen LogP contribution in [0.5, 0.6) is 0 Å². The van der Waals surface area contributed by atoms with E-state index in [2.05, 4.69) is 0 Å². The number of epoxide rings is 1. The fraction of sp³-hybridized carbons (Fsp3) is 0.600. The van der Waals surface area contributed by atoms with Crippen LogP contribution in [-0.4, -0.2) is 64.2 Å². The molecule has 0 saturated carbocycles. The van der Waals surface area contributed by atoms with Gasteiger partial charge in [-0.2, -0.15) is 0 Å². The van der Waals surface area contributed by atoms with Crippen LogP contribution in [0.3, 0.4) is 0 Å². The van der Waals surface area contributed by atoms with Gasteiger partial charge >= 0.3 is 11.9 Å². The summed E-state index contributed by atoms with van der Waals surface area (Å²) in [7, 11) is 0. The lowest BCUT2D eigenvalue weighted by Crippen LogP contribution is -2.51. The molecule has 2 N–H and O–H groups in total. The largest absolute Gasteiger partial charge is 0.458 e.